The van der Waals surface area contributed by atoms with Crippen molar-refractivity contribution in [3.63, 3.8) is 0 Å². The van der Waals surface area contributed by atoms with Gasteiger partial charge in [0, 0.05) is 74.1 Å². The molecule has 1 aromatic carbocycles. The summed E-state index contributed by atoms with van der Waals surface area (Å²) in [5, 5.41) is 8.88. The van der Waals surface area contributed by atoms with Gasteiger partial charge >= 0.3 is 0 Å². The molecule has 9 nitrogen and oxygen atoms in total. The fourth-order valence-corrected chi connectivity index (χ4v) is 8.23. The van der Waals surface area contributed by atoms with Crippen molar-refractivity contribution in [2.24, 2.45) is 17.8 Å². The molecule has 2 fully saturated rings. The van der Waals surface area contributed by atoms with Crippen molar-refractivity contribution in [3.05, 3.63) is 47.1 Å². The molecule has 0 radical (unpaired) electrons. The molecule has 11 heteroatoms. The molecular formula is C34H45F2N7O2. The molecule has 4 aliphatic rings. The van der Waals surface area contributed by atoms with E-state index in [1.54, 1.807) is 13.0 Å². The number of rotatable bonds is 6. The van der Waals surface area contributed by atoms with Gasteiger partial charge in [-0.15, -0.1) is 0 Å². The van der Waals surface area contributed by atoms with Crippen LogP contribution in [0.5, 0.6) is 0 Å². The zero-order valence-electron chi connectivity index (χ0n) is 26.6. The summed E-state index contributed by atoms with van der Waals surface area (Å²) in [4.78, 5) is 23.1. The molecule has 45 heavy (non-hydrogen) atoms. The van der Waals surface area contributed by atoms with Gasteiger partial charge in [0.25, 0.3) is 6.43 Å². The highest BCUT2D eigenvalue weighted by Gasteiger charge is 2.36. The smallest absolute Gasteiger partial charge is 0.264 e. The molecule has 242 valence electrons. The molecule has 3 aromatic rings. The number of nitrogens with one attached hydrogen (secondary N) is 1. The monoisotopic (exact) mass is 621 g/mol. The first-order valence-corrected chi connectivity index (χ1v) is 16.7. The molecule has 2 aromatic heterocycles. The molecular weight excluding hydrogens is 576 g/mol. The Morgan fingerprint density at radius 3 is 2.56 bits per heavy atom. The van der Waals surface area contributed by atoms with Crippen molar-refractivity contribution in [1.29, 1.82) is 0 Å². The number of piperidine rings is 2. The van der Waals surface area contributed by atoms with E-state index < -0.39 is 6.43 Å². The van der Waals surface area contributed by atoms with Crippen LogP contribution in [0.4, 0.5) is 20.3 Å². The third-order valence-electron chi connectivity index (χ3n) is 10.8. The van der Waals surface area contributed by atoms with Crippen molar-refractivity contribution in [2.45, 2.75) is 71.9 Å². The van der Waals surface area contributed by atoms with Crippen molar-refractivity contribution >= 4 is 17.4 Å². The predicted octanol–water partition coefficient (Wildman–Crippen LogP) is 5.59. The molecule has 0 saturated carbocycles. The van der Waals surface area contributed by atoms with Crippen LogP contribution in [0.1, 0.15) is 74.9 Å². The number of hydrogen-bond donors (Lipinski definition) is 1. The van der Waals surface area contributed by atoms with E-state index in [4.69, 9.17) is 9.52 Å². The van der Waals surface area contributed by atoms with Gasteiger partial charge in [-0.3, -0.25) is 9.48 Å². The Morgan fingerprint density at radius 2 is 1.87 bits per heavy atom. The number of carbonyl (C=O) groups is 1. The van der Waals surface area contributed by atoms with Gasteiger partial charge in [-0.25, -0.2) is 13.8 Å². The summed E-state index contributed by atoms with van der Waals surface area (Å²) < 4.78 is 36.6. The number of hydrogen-bond acceptors (Lipinski definition) is 7. The van der Waals surface area contributed by atoms with Gasteiger partial charge in [-0.05, 0) is 74.2 Å². The lowest BCUT2D eigenvalue weighted by atomic mass is 9.80. The van der Waals surface area contributed by atoms with Gasteiger partial charge in [0.2, 0.25) is 5.91 Å². The first kappa shape index (κ1) is 30.3. The van der Waals surface area contributed by atoms with Crippen LogP contribution in [-0.2, 0) is 24.2 Å². The highest BCUT2D eigenvalue weighted by molar-refractivity contribution is 5.77. The quantitative estimate of drug-likeness (QED) is 0.384. The summed E-state index contributed by atoms with van der Waals surface area (Å²) in [7, 11) is 0. The number of halogens is 2. The Balaban J connectivity index is 1.20. The van der Waals surface area contributed by atoms with E-state index in [2.05, 4.69) is 38.6 Å². The normalized spacial score (nSPS) is 24.6. The zero-order valence-corrected chi connectivity index (χ0v) is 26.6. The predicted molar refractivity (Wildman–Crippen MR) is 169 cm³/mol. The third-order valence-corrected chi connectivity index (χ3v) is 10.8. The lowest BCUT2D eigenvalue weighted by Gasteiger charge is -2.41. The van der Waals surface area contributed by atoms with E-state index in [0.29, 0.717) is 48.7 Å². The Hall–Kier alpha value is -3.31. The van der Waals surface area contributed by atoms with Crippen molar-refractivity contribution < 1.29 is 18.0 Å². The number of benzene rings is 1. The fraction of sp³-hybridized carbons (Fsp3) is 0.618. The molecule has 0 spiro atoms. The number of likely N-dealkylation sites (tertiary alicyclic amines) is 1. The molecule has 0 aliphatic carbocycles. The largest absolute Gasteiger partial charge is 0.444 e. The third kappa shape index (κ3) is 5.78. The lowest BCUT2D eigenvalue weighted by Crippen LogP contribution is -2.47. The van der Waals surface area contributed by atoms with Crippen LogP contribution in [0, 0.1) is 17.8 Å². The topological polar surface area (TPSA) is 82.7 Å². The SMILES string of the molecule is CC(=O)N1CCc2c(c(N3CCCc4cc(-c5cnco5)c(C(F)F)cc43)nn2C2CCN(CC3C(C)CNCC3C)CC2)C1. The van der Waals surface area contributed by atoms with Gasteiger partial charge in [-0.1, -0.05) is 13.8 Å². The number of aromatic nitrogens is 3. The molecule has 2 atom stereocenters. The maximum Gasteiger partial charge on any atom is 0.264 e. The number of oxazole rings is 1. The highest BCUT2D eigenvalue weighted by Crippen LogP contribution is 2.43. The van der Waals surface area contributed by atoms with Crippen molar-refractivity contribution in [2.75, 3.05) is 50.7 Å². The van der Waals surface area contributed by atoms with Crippen LogP contribution in [-0.4, -0.2) is 76.3 Å². The number of aryl methyl sites for hydroxylation is 1. The summed E-state index contributed by atoms with van der Waals surface area (Å²) in [6.45, 7) is 13.7. The van der Waals surface area contributed by atoms with Crippen LogP contribution >= 0.6 is 0 Å². The van der Waals surface area contributed by atoms with Gasteiger partial charge in [-0.2, -0.15) is 5.10 Å². The second kappa shape index (κ2) is 12.5. The van der Waals surface area contributed by atoms with E-state index in [1.165, 1.54) is 18.3 Å². The molecule has 2 saturated heterocycles. The summed E-state index contributed by atoms with van der Waals surface area (Å²) in [6.07, 6.45) is 4.57. The van der Waals surface area contributed by atoms with E-state index >= 15 is 0 Å². The molecule has 4 aliphatic heterocycles. The first-order valence-electron chi connectivity index (χ1n) is 16.7. The number of nitrogens with zero attached hydrogens (tertiary/aromatic N) is 6. The van der Waals surface area contributed by atoms with E-state index in [1.807, 2.05) is 11.0 Å². The molecule has 0 bridgehead atoms. The minimum atomic E-state index is -2.67. The molecule has 7 rings (SSSR count). The molecule has 1 N–H and O–H groups in total. The number of anilines is 2. The summed E-state index contributed by atoms with van der Waals surface area (Å²) in [6, 6.07) is 3.74. The maximum atomic E-state index is 14.5. The van der Waals surface area contributed by atoms with Gasteiger partial charge in [0.05, 0.1) is 18.8 Å². The summed E-state index contributed by atoms with van der Waals surface area (Å²) in [5.74, 6) is 3.28. The van der Waals surface area contributed by atoms with Gasteiger partial charge in [0.1, 0.15) is 0 Å². The first-order chi connectivity index (χ1) is 21.8. The Morgan fingerprint density at radius 1 is 1.09 bits per heavy atom. The number of amides is 1. The maximum absolute atomic E-state index is 14.5. The van der Waals surface area contributed by atoms with Crippen LogP contribution in [0.3, 0.4) is 0 Å². The standard InChI is InChI=1S/C34H45F2N7O2/c1-21-15-37-16-22(2)28(21)18-40-10-6-25(7-11-40)43-30-8-12-41(23(3)44)19-29(30)34(39-43)42-9-4-5-24-13-26(32-17-38-20-45-32)27(33(35)36)14-31(24)42/h13-14,17,20-22,25,28,33,37H,4-12,15-16,18-19H2,1-3H3. The molecule has 2 unspecified atom stereocenters. The van der Waals surface area contributed by atoms with Gasteiger partial charge in [0.15, 0.2) is 18.0 Å². The minimum Gasteiger partial charge on any atom is -0.444 e. The second-order valence-electron chi connectivity index (χ2n) is 13.7. The highest BCUT2D eigenvalue weighted by atomic mass is 19.3. The average molecular weight is 622 g/mol. The summed E-state index contributed by atoms with van der Waals surface area (Å²) >= 11 is 0. The number of alkyl halides is 2. The van der Waals surface area contributed by atoms with Crippen LogP contribution in [0.15, 0.2) is 29.1 Å². The fourth-order valence-electron chi connectivity index (χ4n) is 8.23. The Kier molecular flexibility index (Phi) is 8.41. The van der Waals surface area contributed by atoms with Crippen molar-refractivity contribution in [1.82, 2.24) is 29.9 Å². The Bertz CT molecular complexity index is 1500. The van der Waals surface area contributed by atoms with Crippen LogP contribution in [0.2, 0.25) is 0 Å². The Labute approximate surface area is 263 Å². The van der Waals surface area contributed by atoms with Crippen molar-refractivity contribution in [3.8, 4) is 11.3 Å². The van der Waals surface area contributed by atoms with Crippen LogP contribution in [0.25, 0.3) is 11.3 Å². The number of carbonyl (C=O) groups excluding carboxylic acids is 1. The zero-order chi connectivity index (χ0) is 31.2. The average Bonchev–Trinajstić information content (AvgIpc) is 3.71. The van der Waals surface area contributed by atoms with Crippen LogP contribution < -0.4 is 10.2 Å². The van der Waals surface area contributed by atoms with E-state index in [-0.39, 0.29) is 17.5 Å². The molecule has 6 heterocycles. The van der Waals surface area contributed by atoms with E-state index in [0.717, 1.165) is 87.5 Å². The number of fused-ring (bicyclic) bond motifs is 2. The molecule has 1 amide bonds. The lowest BCUT2D eigenvalue weighted by molar-refractivity contribution is -0.129. The minimum absolute atomic E-state index is 0.0461. The van der Waals surface area contributed by atoms with E-state index in [9.17, 15) is 13.6 Å². The summed E-state index contributed by atoms with van der Waals surface area (Å²) in [5.41, 5.74) is 4.34. The second-order valence-corrected chi connectivity index (χ2v) is 13.7. The van der Waals surface area contributed by atoms with Gasteiger partial charge < -0.3 is 24.4 Å².